The molecule has 6 nitrogen and oxygen atoms in total. The van der Waals surface area contributed by atoms with Crippen molar-refractivity contribution in [3.8, 4) is 0 Å². The summed E-state index contributed by atoms with van der Waals surface area (Å²) in [7, 11) is 0. The van der Waals surface area contributed by atoms with Crippen LogP contribution in [0.15, 0.2) is 17.4 Å². The minimum atomic E-state index is 0.531. The van der Waals surface area contributed by atoms with Gasteiger partial charge in [-0.1, -0.05) is 13.8 Å². The molecule has 1 aromatic heterocycles. The highest BCUT2D eigenvalue weighted by atomic mass is 15.2. The fourth-order valence-corrected chi connectivity index (χ4v) is 3.56. The van der Waals surface area contributed by atoms with Crippen LogP contribution < -0.4 is 10.6 Å². The Labute approximate surface area is 152 Å². The van der Waals surface area contributed by atoms with Crippen LogP contribution in [0.25, 0.3) is 0 Å². The maximum Gasteiger partial charge on any atom is 0.191 e. The van der Waals surface area contributed by atoms with Gasteiger partial charge in [0.05, 0.1) is 0 Å². The molecule has 1 aliphatic carbocycles. The molecule has 1 aromatic rings. The monoisotopic (exact) mass is 346 g/mol. The summed E-state index contributed by atoms with van der Waals surface area (Å²) in [6, 6.07) is 1.42. The van der Waals surface area contributed by atoms with Crippen molar-refractivity contribution in [2.24, 2.45) is 10.9 Å². The molecule has 6 heteroatoms. The zero-order valence-corrected chi connectivity index (χ0v) is 16.0. The fraction of sp³-hybridized carbons (Fsp3) is 0.789. The average Bonchev–Trinajstić information content (AvgIpc) is 3.35. The first-order valence-corrected chi connectivity index (χ1v) is 9.94. The smallest absolute Gasteiger partial charge is 0.191 e. The standard InChI is InChI=1S/C19H34N6/c1-4-20-19(22-13-18-21-9-12-25(18)14-15(2)3)23-16-7-10-24(11-8-16)17-5-6-17/h9,12,15-17H,4-8,10-11,13-14H2,1-3H3,(H2,20,22,23). The molecule has 0 aromatic carbocycles. The van der Waals surface area contributed by atoms with Crippen LogP contribution in [0.5, 0.6) is 0 Å². The normalized spacial score (nSPS) is 20.2. The summed E-state index contributed by atoms with van der Waals surface area (Å²) in [5, 5.41) is 7.02. The molecule has 3 rings (SSSR count). The molecule has 1 aliphatic heterocycles. The minimum Gasteiger partial charge on any atom is -0.357 e. The van der Waals surface area contributed by atoms with Crippen LogP contribution in [0, 0.1) is 5.92 Å². The summed E-state index contributed by atoms with van der Waals surface area (Å²) in [6.07, 6.45) is 9.17. The highest BCUT2D eigenvalue weighted by molar-refractivity contribution is 5.80. The predicted molar refractivity (Wildman–Crippen MR) is 103 cm³/mol. The molecule has 25 heavy (non-hydrogen) atoms. The molecule has 0 radical (unpaired) electrons. The van der Waals surface area contributed by atoms with E-state index >= 15 is 0 Å². The quantitative estimate of drug-likeness (QED) is 0.587. The maximum absolute atomic E-state index is 4.78. The lowest BCUT2D eigenvalue weighted by atomic mass is 10.1. The van der Waals surface area contributed by atoms with Crippen LogP contribution in [0.1, 0.15) is 52.3 Å². The van der Waals surface area contributed by atoms with E-state index in [4.69, 9.17) is 4.99 Å². The Balaban J connectivity index is 1.53. The Hall–Kier alpha value is -1.56. The molecule has 0 bridgehead atoms. The largest absolute Gasteiger partial charge is 0.357 e. The Kier molecular flexibility index (Phi) is 6.34. The molecule has 1 saturated heterocycles. The molecule has 140 valence electrons. The van der Waals surface area contributed by atoms with Crippen LogP contribution >= 0.6 is 0 Å². The summed E-state index contributed by atoms with van der Waals surface area (Å²) in [4.78, 5) is 11.9. The van der Waals surface area contributed by atoms with E-state index in [2.05, 4.69) is 52.1 Å². The molecular weight excluding hydrogens is 312 g/mol. The van der Waals surface area contributed by atoms with E-state index < -0.39 is 0 Å². The lowest BCUT2D eigenvalue weighted by Crippen LogP contribution is -2.49. The van der Waals surface area contributed by atoms with Crippen LogP contribution in [-0.2, 0) is 13.1 Å². The highest BCUT2D eigenvalue weighted by Crippen LogP contribution is 2.29. The van der Waals surface area contributed by atoms with E-state index in [1.165, 1.54) is 38.8 Å². The fourth-order valence-electron chi connectivity index (χ4n) is 3.56. The number of nitrogens with zero attached hydrogens (tertiary/aromatic N) is 4. The number of hydrogen-bond acceptors (Lipinski definition) is 3. The highest BCUT2D eigenvalue weighted by Gasteiger charge is 2.31. The van der Waals surface area contributed by atoms with Gasteiger partial charge in [-0.3, -0.25) is 0 Å². The Morgan fingerprint density at radius 3 is 2.68 bits per heavy atom. The Bertz CT molecular complexity index is 552. The summed E-state index contributed by atoms with van der Waals surface area (Å²) in [5.41, 5.74) is 0. The number of piperidine rings is 1. The molecule has 0 amide bonds. The van der Waals surface area contributed by atoms with Gasteiger partial charge in [-0.2, -0.15) is 0 Å². The summed E-state index contributed by atoms with van der Waals surface area (Å²) in [6.45, 7) is 11.5. The summed E-state index contributed by atoms with van der Waals surface area (Å²) < 4.78 is 2.21. The van der Waals surface area contributed by atoms with Gasteiger partial charge in [0.25, 0.3) is 0 Å². The van der Waals surface area contributed by atoms with Crippen molar-refractivity contribution in [1.82, 2.24) is 25.1 Å². The van der Waals surface area contributed by atoms with Crippen LogP contribution in [0.2, 0.25) is 0 Å². The molecule has 0 unspecified atom stereocenters. The summed E-state index contributed by atoms with van der Waals surface area (Å²) >= 11 is 0. The topological polar surface area (TPSA) is 57.5 Å². The zero-order valence-electron chi connectivity index (χ0n) is 16.0. The molecule has 1 saturated carbocycles. The van der Waals surface area contributed by atoms with Crippen LogP contribution in [0.4, 0.5) is 0 Å². The van der Waals surface area contributed by atoms with Crippen molar-refractivity contribution in [2.45, 2.75) is 71.6 Å². The van der Waals surface area contributed by atoms with Crippen molar-refractivity contribution >= 4 is 5.96 Å². The van der Waals surface area contributed by atoms with Gasteiger partial charge in [-0.25, -0.2) is 9.98 Å². The van der Waals surface area contributed by atoms with Gasteiger partial charge >= 0.3 is 0 Å². The van der Waals surface area contributed by atoms with E-state index in [9.17, 15) is 0 Å². The third-order valence-electron chi connectivity index (χ3n) is 5.02. The second-order valence-corrected chi connectivity index (χ2v) is 7.77. The number of hydrogen-bond donors (Lipinski definition) is 2. The SMILES string of the molecule is CCNC(=NCc1nccn1CC(C)C)NC1CCN(C2CC2)CC1. The zero-order chi connectivity index (χ0) is 17.6. The van der Waals surface area contributed by atoms with Crippen LogP contribution in [0.3, 0.4) is 0 Å². The number of guanidine groups is 1. The van der Waals surface area contributed by atoms with E-state index in [0.717, 1.165) is 30.9 Å². The lowest BCUT2D eigenvalue weighted by Gasteiger charge is -2.33. The number of likely N-dealkylation sites (tertiary alicyclic amines) is 1. The van der Waals surface area contributed by atoms with E-state index in [-0.39, 0.29) is 0 Å². The average molecular weight is 347 g/mol. The van der Waals surface area contributed by atoms with Gasteiger partial charge in [0, 0.05) is 50.7 Å². The first-order chi connectivity index (χ1) is 12.2. The molecule has 2 N–H and O–H groups in total. The van der Waals surface area contributed by atoms with E-state index in [1.807, 2.05) is 6.20 Å². The number of nitrogens with one attached hydrogen (secondary N) is 2. The number of imidazole rings is 1. The third kappa shape index (κ3) is 5.46. The molecule has 2 fully saturated rings. The minimum absolute atomic E-state index is 0.531. The number of aliphatic imine (C=N–C) groups is 1. The van der Waals surface area contributed by atoms with Gasteiger partial charge in [0.15, 0.2) is 5.96 Å². The second-order valence-electron chi connectivity index (χ2n) is 7.77. The number of rotatable bonds is 7. The lowest BCUT2D eigenvalue weighted by molar-refractivity contribution is 0.197. The molecular formula is C19H34N6. The number of aromatic nitrogens is 2. The Morgan fingerprint density at radius 1 is 1.28 bits per heavy atom. The Morgan fingerprint density at radius 2 is 2.04 bits per heavy atom. The predicted octanol–water partition coefficient (Wildman–Crippen LogP) is 2.22. The molecule has 0 atom stereocenters. The summed E-state index contributed by atoms with van der Waals surface area (Å²) in [5.74, 6) is 2.57. The van der Waals surface area contributed by atoms with Crippen molar-refractivity contribution in [2.75, 3.05) is 19.6 Å². The van der Waals surface area contributed by atoms with Gasteiger partial charge in [0.2, 0.25) is 0 Å². The van der Waals surface area contributed by atoms with Crippen molar-refractivity contribution in [1.29, 1.82) is 0 Å². The van der Waals surface area contributed by atoms with Gasteiger partial charge in [-0.15, -0.1) is 0 Å². The van der Waals surface area contributed by atoms with Crippen molar-refractivity contribution in [3.63, 3.8) is 0 Å². The van der Waals surface area contributed by atoms with Crippen molar-refractivity contribution < 1.29 is 0 Å². The van der Waals surface area contributed by atoms with Gasteiger partial charge in [0.1, 0.15) is 12.4 Å². The molecule has 0 spiro atoms. The maximum atomic E-state index is 4.78. The van der Waals surface area contributed by atoms with Crippen LogP contribution in [-0.4, -0.2) is 52.1 Å². The third-order valence-corrected chi connectivity index (χ3v) is 5.02. The molecule has 2 heterocycles. The first kappa shape index (κ1) is 18.2. The molecule has 2 aliphatic rings. The van der Waals surface area contributed by atoms with Gasteiger partial charge in [-0.05, 0) is 38.5 Å². The van der Waals surface area contributed by atoms with Crippen molar-refractivity contribution in [3.05, 3.63) is 18.2 Å². The van der Waals surface area contributed by atoms with E-state index in [0.29, 0.717) is 18.5 Å². The van der Waals surface area contributed by atoms with E-state index in [1.54, 1.807) is 0 Å². The first-order valence-electron chi connectivity index (χ1n) is 9.94. The van der Waals surface area contributed by atoms with Gasteiger partial charge < -0.3 is 20.1 Å². The second kappa shape index (κ2) is 8.70.